The van der Waals surface area contributed by atoms with Crippen LogP contribution in [0.2, 0.25) is 0 Å². The molecule has 1 fully saturated rings. The Hall–Kier alpha value is -3.07. The average molecular weight is 479 g/mol. The van der Waals surface area contributed by atoms with E-state index < -0.39 is 10.0 Å². The minimum atomic E-state index is -3.74. The summed E-state index contributed by atoms with van der Waals surface area (Å²) in [7, 11) is -3.74. The summed E-state index contributed by atoms with van der Waals surface area (Å²) in [5.74, 6) is 1.51. The quantitative estimate of drug-likeness (QED) is 0.607. The number of para-hydroxylation sites is 1. The summed E-state index contributed by atoms with van der Waals surface area (Å²) in [5.41, 5.74) is 3.60. The number of rotatable bonds is 5. The van der Waals surface area contributed by atoms with Crippen molar-refractivity contribution in [3.8, 4) is 11.5 Å². The molecule has 0 aromatic heterocycles. The monoisotopic (exact) mass is 478 g/mol. The lowest BCUT2D eigenvalue weighted by molar-refractivity contribution is -0.0477. The first-order valence-corrected chi connectivity index (χ1v) is 12.8. The van der Waals surface area contributed by atoms with Crippen LogP contribution in [0.15, 0.2) is 71.6 Å². The molecule has 0 spiro atoms. The first-order valence-electron chi connectivity index (χ1n) is 11.4. The summed E-state index contributed by atoms with van der Waals surface area (Å²) in [6, 6.07) is 20.4. The molecule has 34 heavy (non-hydrogen) atoms. The van der Waals surface area contributed by atoms with Crippen LogP contribution in [0.3, 0.4) is 0 Å². The number of nitrogens with zero attached hydrogens (tertiary/aromatic N) is 2. The van der Waals surface area contributed by atoms with Crippen molar-refractivity contribution in [2.45, 2.75) is 36.4 Å². The van der Waals surface area contributed by atoms with Crippen LogP contribution in [0.25, 0.3) is 0 Å². The summed E-state index contributed by atoms with van der Waals surface area (Å²) in [5, 5.41) is 10.3. The summed E-state index contributed by atoms with van der Waals surface area (Å²) in [4.78, 5) is 2.50. The fourth-order valence-electron chi connectivity index (χ4n) is 5.54. The van der Waals surface area contributed by atoms with Gasteiger partial charge in [-0.25, -0.2) is 8.42 Å². The van der Waals surface area contributed by atoms with Crippen LogP contribution in [-0.4, -0.2) is 50.5 Å². The Morgan fingerprint density at radius 3 is 2.65 bits per heavy atom. The van der Waals surface area contributed by atoms with Gasteiger partial charge in [0, 0.05) is 24.5 Å². The Morgan fingerprint density at radius 1 is 1.00 bits per heavy atom. The van der Waals surface area contributed by atoms with E-state index in [0.29, 0.717) is 29.4 Å². The topological polar surface area (TPSA) is 79.3 Å². The van der Waals surface area contributed by atoms with Gasteiger partial charge in [0.25, 0.3) is 10.0 Å². The molecule has 176 valence electrons. The zero-order chi connectivity index (χ0) is 23.4. The van der Waals surface area contributed by atoms with Gasteiger partial charge in [-0.05, 0) is 53.9 Å². The molecule has 3 aliphatic heterocycles. The van der Waals surface area contributed by atoms with Gasteiger partial charge in [-0.15, -0.1) is 0 Å². The highest BCUT2D eigenvalue weighted by Gasteiger charge is 2.54. The lowest BCUT2D eigenvalue weighted by Gasteiger charge is -2.59. The number of aliphatic hydroxyl groups is 1. The molecule has 0 amide bonds. The number of aliphatic hydroxyl groups excluding tert-OH is 1. The van der Waals surface area contributed by atoms with Crippen LogP contribution in [-0.2, 0) is 16.6 Å². The SMILES string of the molecule is Cc1cccc(S(=O)(=O)N2C[C@@H]3[C@H](c4ccccc42)[C@H](CO)N3Cc2ccc3c(c2)OCO3)c1. The van der Waals surface area contributed by atoms with E-state index in [9.17, 15) is 13.5 Å². The van der Waals surface area contributed by atoms with E-state index in [1.807, 2.05) is 55.5 Å². The number of benzene rings is 3. The number of likely N-dealkylation sites (tertiary alicyclic amines) is 1. The fraction of sp³-hybridized carbons (Fsp3) is 0.308. The van der Waals surface area contributed by atoms with Gasteiger partial charge in [0.1, 0.15) is 0 Å². The molecule has 0 unspecified atom stereocenters. The van der Waals surface area contributed by atoms with Crippen LogP contribution in [0, 0.1) is 6.92 Å². The molecule has 7 nitrogen and oxygen atoms in total. The molecular formula is C26H26N2O5S. The molecule has 0 saturated carbocycles. The number of aryl methyl sites for hydroxylation is 1. The highest BCUT2D eigenvalue weighted by atomic mass is 32.2. The Bertz CT molecular complexity index is 1360. The maximum atomic E-state index is 13.8. The first kappa shape index (κ1) is 21.5. The van der Waals surface area contributed by atoms with E-state index in [2.05, 4.69) is 4.90 Å². The lowest BCUT2D eigenvalue weighted by atomic mass is 9.72. The maximum Gasteiger partial charge on any atom is 0.264 e. The van der Waals surface area contributed by atoms with Gasteiger partial charge in [-0.2, -0.15) is 0 Å². The average Bonchev–Trinajstić information content (AvgIpc) is 3.30. The smallest absolute Gasteiger partial charge is 0.264 e. The van der Waals surface area contributed by atoms with Gasteiger partial charge < -0.3 is 14.6 Å². The largest absolute Gasteiger partial charge is 0.454 e. The molecule has 0 radical (unpaired) electrons. The van der Waals surface area contributed by atoms with Crippen molar-refractivity contribution < 1.29 is 23.0 Å². The van der Waals surface area contributed by atoms with E-state index in [-0.39, 0.29) is 31.4 Å². The standard InChI is InChI=1S/C26H26N2O5S/c1-17-5-4-6-19(11-17)34(30,31)28-14-22-26(20-7-2-3-8-21(20)28)23(15-29)27(22)13-18-9-10-24-25(12-18)33-16-32-24/h2-12,22-23,26,29H,13-16H2,1H3/t22-,23+,26+/m1/s1. The van der Waals surface area contributed by atoms with E-state index in [1.165, 1.54) is 0 Å². The second-order valence-corrected chi connectivity index (χ2v) is 11.0. The molecule has 8 heteroatoms. The normalized spacial score (nSPS) is 23.2. The Kier molecular flexibility index (Phi) is 5.05. The molecule has 1 saturated heterocycles. The molecular weight excluding hydrogens is 452 g/mol. The third kappa shape index (κ3) is 3.28. The van der Waals surface area contributed by atoms with Crippen molar-refractivity contribution >= 4 is 15.7 Å². The van der Waals surface area contributed by atoms with E-state index in [0.717, 1.165) is 22.4 Å². The summed E-state index contributed by atoms with van der Waals surface area (Å²) in [6.07, 6.45) is 0. The molecule has 3 atom stereocenters. The summed E-state index contributed by atoms with van der Waals surface area (Å²) in [6.45, 7) is 3.03. The minimum Gasteiger partial charge on any atom is -0.454 e. The number of hydrogen-bond acceptors (Lipinski definition) is 6. The Labute approximate surface area is 199 Å². The maximum absolute atomic E-state index is 13.8. The van der Waals surface area contributed by atoms with Crippen molar-refractivity contribution in [1.82, 2.24) is 4.90 Å². The molecule has 3 aliphatic rings. The van der Waals surface area contributed by atoms with Crippen molar-refractivity contribution in [2.24, 2.45) is 0 Å². The lowest BCUT2D eigenvalue weighted by Crippen LogP contribution is -2.68. The second-order valence-electron chi connectivity index (χ2n) is 9.11. The van der Waals surface area contributed by atoms with E-state index in [1.54, 1.807) is 22.5 Å². The van der Waals surface area contributed by atoms with Crippen molar-refractivity contribution in [2.75, 3.05) is 24.2 Å². The molecule has 1 N–H and O–H groups in total. The molecule has 3 aromatic rings. The number of hydrogen-bond donors (Lipinski definition) is 1. The van der Waals surface area contributed by atoms with E-state index >= 15 is 0 Å². The van der Waals surface area contributed by atoms with Crippen LogP contribution < -0.4 is 13.8 Å². The predicted molar refractivity (Wildman–Crippen MR) is 128 cm³/mol. The summed E-state index contributed by atoms with van der Waals surface area (Å²) < 4.78 is 40.0. The fourth-order valence-corrected chi connectivity index (χ4v) is 7.16. The molecule has 0 aliphatic carbocycles. The van der Waals surface area contributed by atoms with Gasteiger partial charge in [-0.3, -0.25) is 9.21 Å². The number of anilines is 1. The van der Waals surface area contributed by atoms with Crippen LogP contribution in [0.5, 0.6) is 11.5 Å². The molecule has 3 heterocycles. The van der Waals surface area contributed by atoms with E-state index in [4.69, 9.17) is 9.47 Å². The zero-order valence-corrected chi connectivity index (χ0v) is 19.6. The minimum absolute atomic E-state index is 0.00465. The van der Waals surface area contributed by atoms with Gasteiger partial charge in [-0.1, -0.05) is 36.4 Å². The highest BCUT2D eigenvalue weighted by molar-refractivity contribution is 7.92. The number of sulfonamides is 1. The second kappa shape index (κ2) is 8.01. The van der Waals surface area contributed by atoms with Crippen LogP contribution >= 0.6 is 0 Å². The van der Waals surface area contributed by atoms with Gasteiger partial charge >= 0.3 is 0 Å². The van der Waals surface area contributed by atoms with Crippen molar-refractivity contribution in [1.29, 1.82) is 0 Å². The molecule has 0 bridgehead atoms. The predicted octanol–water partition coefficient (Wildman–Crippen LogP) is 3.26. The van der Waals surface area contributed by atoms with Gasteiger partial charge in [0.05, 0.1) is 23.7 Å². The summed E-state index contributed by atoms with van der Waals surface area (Å²) >= 11 is 0. The highest BCUT2D eigenvalue weighted by Crippen LogP contribution is 2.50. The van der Waals surface area contributed by atoms with Crippen LogP contribution in [0.4, 0.5) is 5.69 Å². The van der Waals surface area contributed by atoms with Crippen LogP contribution in [0.1, 0.15) is 22.6 Å². The Morgan fingerprint density at radius 2 is 1.82 bits per heavy atom. The Balaban J connectivity index is 1.36. The molecule has 3 aromatic carbocycles. The van der Waals surface area contributed by atoms with Crippen molar-refractivity contribution in [3.63, 3.8) is 0 Å². The molecule has 6 rings (SSSR count). The number of ether oxygens (including phenoxy) is 2. The van der Waals surface area contributed by atoms with Gasteiger partial charge in [0.15, 0.2) is 11.5 Å². The third-order valence-corrected chi connectivity index (χ3v) is 8.94. The third-order valence-electron chi connectivity index (χ3n) is 7.17. The van der Waals surface area contributed by atoms with Crippen molar-refractivity contribution in [3.05, 3.63) is 83.4 Å². The first-order chi connectivity index (χ1) is 16.5. The number of fused-ring (bicyclic) bond motifs is 4. The van der Waals surface area contributed by atoms with Gasteiger partial charge in [0.2, 0.25) is 6.79 Å². The zero-order valence-electron chi connectivity index (χ0n) is 18.8.